The number of carboxylic acid groups (broad SMARTS) is 1. The fourth-order valence-corrected chi connectivity index (χ4v) is 8.39. The first kappa shape index (κ1) is 26.2. The van der Waals surface area contributed by atoms with E-state index in [2.05, 4.69) is 48.0 Å². The standard InChI is InChI=1S/C25H40IN3O5/c1-19-20(26)11-27-29(19)18-24-13-22(2)12-23(3,14-24)16-25(15-22,17-24)34-10-9-33-8-7-32-6-5-28(4)21(30)31/h11H,5-10,12-18H2,1-4H3,(H,30,31). The maximum atomic E-state index is 10.8. The van der Waals surface area contributed by atoms with E-state index in [1.54, 1.807) is 0 Å². The molecule has 0 spiro atoms. The Labute approximate surface area is 216 Å². The van der Waals surface area contributed by atoms with Gasteiger partial charge in [0.2, 0.25) is 0 Å². The van der Waals surface area contributed by atoms with Gasteiger partial charge in [-0.05, 0) is 84.3 Å². The minimum Gasteiger partial charge on any atom is -0.465 e. The van der Waals surface area contributed by atoms with Gasteiger partial charge in [-0.25, -0.2) is 4.79 Å². The minimum atomic E-state index is -0.944. The van der Waals surface area contributed by atoms with E-state index < -0.39 is 6.09 Å². The van der Waals surface area contributed by atoms with Crippen molar-refractivity contribution in [1.82, 2.24) is 14.7 Å². The summed E-state index contributed by atoms with van der Waals surface area (Å²) in [5, 5.41) is 13.5. The Hall–Kier alpha value is -0.910. The predicted molar refractivity (Wildman–Crippen MR) is 137 cm³/mol. The zero-order chi connectivity index (χ0) is 24.6. The van der Waals surface area contributed by atoms with Crippen molar-refractivity contribution in [3.05, 3.63) is 15.5 Å². The van der Waals surface area contributed by atoms with Crippen LogP contribution in [0.4, 0.5) is 4.79 Å². The highest BCUT2D eigenvalue weighted by Crippen LogP contribution is 2.72. The van der Waals surface area contributed by atoms with E-state index >= 15 is 0 Å². The molecular formula is C25H40IN3O5. The van der Waals surface area contributed by atoms with Gasteiger partial charge in [-0.2, -0.15) is 5.10 Å². The van der Waals surface area contributed by atoms with E-state index in [4.69, 9.17) is 24.4 Å². The molecule has 0 aromatic carbocycles. The van der Waals surface area contributed by atoms with Crippen LogP contribution in [0.5, 0.6) is 0 Å². The van der Waals surface area contributed by atoms with E-state index in [1.165, 1.54) is 40.5 Å². The molecule has 8 nitrogen and oxygen atoms in total. The summed E-state index contributed by atoms with van der Waals surface area (Å²) in [4.78, 5) is 12.0. The van der Waals surface area contributed by atoms with Crippen LogP contribution in [0.15, 0.2) is 6.20 Å². The van der Waals surface area contributed by atoms with Crippen molar-refractivity contribution in [3.63, 3.8) is 0 Å². The summed E-state index contributed by atoms with van der Waals surface area (Å²) in [6.45, 7) is 11.0. The van der Waals surface area contributed by atoms with E-state index in [1.807, 2.05) is 6.20 Å². The minimum absolute atomic E-state index is 0.0618. The summed E-state index contributed by atoms with van der Waals surface area (Å²) < 4.78 is 21.4. The second kappa shape index (κ2) is 9.86. The molecule has 4 fully saturated rings. The normalized spacial score (nSPS) is 34.0. The number of hydrogen-bond acceptors (Lipinski definition) is 5. The number of nitrogens with zero attached hydrogens (tertiary/aromatic N) is 3. The molecule has 1 aromatic rings. The molecule has 4 aliphatic carbocycles. The number of carbonyl (C=O) groups is 1. The van der Waals surface area contributed by atoms with Gasteiger partial charge < -0.3 is 24.2 Å². The van der Waals surface area contributed by atoms with Gasteiger partial charge >= 0.3 is 6.09 Å². The van der Waals surface area contributed by atoms with Crippen LogP contribution < -0.4 is 0 Å². The summed E-state index contributed by atoms with van der Waals surface area (Å²) in [6, 6.07) is 0. The van der Waals surface area contributed by atoms with Crippen molar-refractivity contribution < 1.29 is 24.1 Å². The van der Waals surface area contributed by atoms with Crippen molar-refractivity contribution in [3.8, 4) is 0 Å². The molecule has 0 saturated heterocycles. The smallest absolute Gasteiger partial charge is 0.407 e. The summed E-state index contributed by atoms with van der Waals surface area (Å²) >= 11 is 2.38. The number of likely N-dealkylation sites (N-methyl/N-ethyl adjacent to an activating group) is 1. The molecule has 4 aliphatic rings. The summed E-state index contributed by atoms with van der Waals surface area (Å²) in [5.41, 5.74) is 2.11. The molecule has 2 atom stereocenters. The van der Waals surface area contributed by atoms with Crippen LogP contribution in [0.25, 0.3) is 0 Å². The highest BCUT2D eigenvalue weighted by Gasteiger charge is 2.66. The largest absolute Gasteiger partial charge is 0.465 e. The first-order valence-corrected chi connectivity index (χ1v) is 13.5. The fourth-order valence-electron chi connectivity index (χ4n) is 7.99. The van der Waals surface area contributed by atoms with Crippen LogP contribution >= 0.6 is 22.6 Å². The SMILES string of the molecule is Cc1c(I)cnn1CC12CC3(C)CC(C)(C1)CC(OCCOCCOCCN(C)C(=O)O)(C3)C2. The van der Waals surface area contributed by atoms with E-state index in [9.17, 15) is 4.79 Å². The molecule has 1 amide bonds. The Morgan fingerprint density at radius 3 is 2.26 bits per heavy atom. The topological polar surface area (TPSA) is 86.1 Å². The lowest BCUT2D eigenvalue weighted by atomic mass is 9.39. The summed E-state index contributed by atoms with van der Waals surface area (Å²) in [7, 11) is 1.53. The third-order valence-corrected chi connectivity index (χ3v) is 9.15. The van der Waals surface area contributed by atoms with Gasteiger partial charge in [0, 0.05) is 25.8 Å². The van der Waals surface area contributed by atoms with Gasteiger partial charge in [-0.3, -0.25) is 4.68 Å². The lowest BCUT2D eigenvalue weighted by Gasteiger charge is -2.69. The third kappa shape index (κ3) is 5.73. The van der Waals surface area contributed by atoms with Gasteiger partial charge in [-0.1, -0.05) is 13.8 Å². The Morgan fingerprint density at radius 1 is 1.06 bits per heavy atom. The molecule has 5 rings (SSSR count). The molecule has 1 heterocycles. The molecule has 9 heteroatoms. The molecule has 4 bridgehead atoms. The van der Waals surface area contributed by atoms with Crippen molar-refractivity contribution in [2.24, 2.45) is 16.2 Å². The molecule has 4 saturated carbocycles. The summed E-state index contributed by atoms with van der Waals surface area (Å²) in [5.74, 6) is 0. The number of halogens is 1. The Bertz CT molecular complexity index is 872. The number of amides is 1. The fraction of sp³-hybridized carbons (Fsp3) is 0.840. The number of rotatable bonds is 12. The highest BCUT2D eigenvalue weighted by molar-refractivity contribution is 14.1. The number of hydrogen-bond donors (Lipinski definition) is 1. The lowest BCUT2D eigenvalue weighted by molar-refractivity contribution is -0.250. The second-order valence-electron chi connectivity index (χ2n) is 11.9. The quantitative estimate of drug-likeness (QED) is 0.284. The van der Waals surface area contributed by atoms with Crippen LogP contribution in [0.3, 0.4) is 0 Å². The lowest BCUT2D eigenvalue weighted by Crippen LogP contribution is -2.64. The average molecular weight is 590 g/mol. The van der Waals surface area contributed by atoms with Crippen LogP contribution in [0.2, 0.25) is 0 Å². The van der Waals surface area contributed by atoms with Crippen LogP contribution in [0.1, 0.15) is 58.1 Å². The van der Waals surface area contributed by atoms with Crippen molar-refractivity contribution in [1.29, 1.82) is 0 Å². The van der Waals surface area contributed by atoms with Crippen LogP contribution in [-0.4, -0.2) is 78.1 Å². The maximum absolute atomic E-state index is 10.8. The first-order chi connectivity index (χ1) is 16.0. The van der Waals surface area contributed by atoms with E-state index in [0.717, 1.165) is 25.8 Å². The molecule has 0 radical (unpaired) electrons. The van der Waals surface area contributed by atoms with E-state index in [0.29, 0.717) is 50.4 Å². The van der Waals surface area contributed by atoms with Crippen molar-refractivity contribution in [2.75, 3.05) is 46.6 Å². The van der Waals surface area contributed by atoms with Gasteiger partial charge in [0.25, 0.3) is 0 Å². The van der Waals surface area contributed by atoms with Crippen LogP contribution in [0, 0.1) is 26.7 Å². The van der Waals surface area contributed by atoms with Gasteiger partial charge in [-0.15, -0.1) is 0 Å². The average Bonchev–Trinajstić information content (AvgIpc) is 3.01. The first-order valence-electron chi connectivity index (χ1n) is 12.4. The molecule has 192 valence electrons. The number of ether oxygens (including phenoxy) is 3. The number of aromatic nitrogens is 2. The van der Waals surface area contributed by atoms with Gasteiger partial charge in [0.15, 0.2) is 0 Å². The Kier molecular flexibility index (Phi) is 7.59. The molecular weight excluding hydrogens is 549 g/mol. The molecule has 0 aliphatic heterocycles. The molecule has 34 heavy (non-hydrogen) atoms. The van der Waals surface area contributed by atoms with Crippen LogP contribution in [-0.2, 0) is 20.8 Å². The zero-order valence-corrected chi connectivity index (χ0v) is 23.2. The second-order valence-corrected chi connectivity index (χ2v) is 13.0. The van der Waals surface area contributed by atoms with Gasteiger partial charge in [0.1, 0.15) is 0 Å². The van der Waals surface area contributed by atoms with Gasteiger partial charge in [0.05, 0.1) is 48.4 Å². The Balaban J connectivity index is 1.28. The predicted octanol–water partition coefficient (Wildman–Crippen LogP) is 4.57. The molecule has 1 aromatic heterocycles. The highest BCUT2D eigenvalue weighted by atomic mass is 127. The maximum Gasteiger partial charge on any atom is 0.407 e. The van der Waals surface area contributed by atoms with Crippen molar-refractivity contribution in [2.45, 2.75) is 71.4 Å². The summed E-state index contributed by atoms with van der Waals surface area (Å²) in [6.07, 6.45) is 8.27. The Morgan fingerprint density at radius 2 is 1.68 bits per heavy atom. The third-order valence-electron chi connectivity index (χ3n) is 8.09. The molecule has 1 N–H and O–H groups in total. The van der Waals surface area contributed by atoms with Crippen molar-refractivity contribution >= 4 is 28.7 Å². The molecule has 2 unspecified atom stereocenters. The zero-order valence-electron chi connectivity index (χ0n) is 21.1. The monoisotopic (exact) mass is 589 g/mol. The van der Waals surface area contributed by atoms with E-state index in [-0.39, 0.29) is 11.0 Å².